The van der Waals surface area contributed by atoms with E-state index in [1.807, 2.05) is 0 Å². The molecule has 0 saturated carbocycles. The van der Waals surface area contributed by atoms with E-state index in [0.29, 0.717) is 0 Å². The van der Waals surface area contributed by atoms with Crippen LogP contribution in [0.4, 0.5) is 0 Å². The predicted molar refractivity (Wildman–Crippen MR) is 117 cm³/mol. The molecule has 0 aliphatic heterocycles. The highest BCUT2D eigenvalue weighted by molar-refractivity contribution is 6.12. The second-order valence-corrected chi connectivity index (χ2v) is 8.20. The third-order valence-electron chi connectivity index (χ3n) is 6.40. The molecule has 0 spiro atoms. The first-order chi connectivity index (χ1) is 13.2. The number of rotatable bonds is 0. The van der Waals surface area contributed by atoms with Crippen LogP contribution in [0, 0.1) is 0 Å². The Hall–Kier alpha value is -3.12. The summed E-state index contributed by atoms with van der Waals surface area (Å²) in [6.45, 7) is 4.78. The van der Waals surface area contributed by atoms with E-state index in [9.17, 15) is 0 Å². The molecule has 0 nitrogen and oxygen atoms in total. The van der Waals surface area contributed by atoms with Crippen molar-refractivity contribution in [3.8, 4) is 11.1 Å². The van der Waals surface area contributed by atoms with Crippen molar-refractivity contribution in [1.82, 2.24) is 0 Å². The van der Waals surface area contributed by atoms with Crippen LogP contribution in [-0.4, -0.2) is 0 Å². The third-order valence-corrected chi connectivity index (χ3v) is 6.40. The summed E-state index contributed by atoms with van der Waals surface area (Å²) >= 11 is 0. The van der Waals surface area contributed by atoms with Crippen molar-refractivity contribution in [3.63, 3.8) is 0 Å². The molecule has 0 atom stereocenters. The monoisotopic (exact) mass is 344 g/mol. The fourth-order valence-corrected chi connectivity index (χ4v) is 5.28. The van der Waals surface area contributed by atoms with Gasteiger partial charge in [0, 0.05) is 5.41 Å². The van der Waals surface area contributed by atoms with Gasteiger partial charge in [-0.2, -0.15) is 0 Å². The first-order valence-electron chi connectivity index (χ1n) is 9.64. The number of fused-ring (bicyclic) bond motifs is 9. The molecule has 1 aliphatic carbocycles. The first kappa shape index (κ1) is 15.0. The van der Waals surface area contributed by atoms with Crippen LogP contribution in [0.25, 0.3) is 43.4 Å². The van der Waals surface area contributed by atoms with Gasteiger partial charge in [0.15, 0.2) is 0 Å². The minimum Gasteiger partial charge on any atom is -0.0616 e. The largest absolute Gasteiger partial charge is 0.0616 e. The maximum atomic E-state index is 2.39. The van der Waals surface area contributed by atoms with Crippen LogP contribution >= 0.6 is 0 Å². The lowest BCUT2D eigenvalue weighted by Crippen LogP contribution is -2.16. The zero-order valence-corrected chi connectivity index (χ0v) is 15.6. The topological polar surface area (TPSA) is 0 Å². The molecule has 0 amide bonds. The number of hydrogen-bond donors (Lipinski definition) is 0. The molecule has 0 heterocycles. The lowest BCUT2D eigenvalue weighted by Gasteiger charge is -2.25. The van der Waals surface area contributed by atoms with Gasteiger partial charge >= 0.3 is 0 Å². The van der Waals surface area contributed by atoms with E-state index in [1.54, 1.807) is 0 Å². The van der Waals surface area contributed by atoms with Crippen molar-refractivity contribution in [1.29, 1.82) is 0 Å². The summed E-state index contributed by atoms with van der Waals surface area (Å²) in [5.41, 5.74) is 5.70. The van der Waals surface area contributed by atoms with Crippen LogP contribution in [0.1, 0.15) is 25.0 Å². The van der Waals surface area contributed by atoms with Crippen LogP contribution in [-0.2, 0) is 5.41 Å². The van der Waals surface area contributed by atoms with E-state index >= 15 is 0 Å². The van der Waals surface area contributed by atoms with E-state index in [4.69, 9.17) is 0 Å². The van der Waals surface area contributed by atoms with E-state index in [2.05, 4.69) is 98.8 Å². The van der Waals surface area contributed by atoms with Crippen LogP contribution < -0.4 is 0 Å². The molecule has 5 aromatic rings. The zero-order chi connectivity index (χ0) is 18.2. The molecule has 0 bridgehead atoms. The lowest BCUT2D eigenvalue weighted by molar-refractivity contribution is 0.672. The third kappa shape index (κ3) is 1.83. The quantitative estimate of drug-likeness (QED) is 0.256. The zero-order valence-electron chi connectivity index (χ0n) is 15.6. The highest BCUT2D eigenvalue weighted by Crippen LogP contribution is 2.53. The van der Waals surface area contributed by atoms with E-state index in [1.165, 1.54) is 54.6 Å². The van der Waals surface area contributed by atoms with Crippen molar-refractivity contribution < 1.29 is 0 Å². The number of hydrogen-bond acceptors (Lipinski definition) is 0. The maximum absolute atomic E-state index is 2.39. The van der Waals surface area contributed by atoms with Crippen LogP contribution in [0.5, 0.6) is 0 Å². The Morgan fingerprint density at radius 2 is 0.963 bits per heavy atom. The molecule has 6 rings (SSSR count). The Morgan fingerprint density at radius 3 is 1.74 bits per heavy atom. The molecule has 128 valence electrons. The molecule has 0 heteroatoms. The Morgan fingerprint density at radius 1 is 0.444 bits per heavy atom. The Bertz CT molecular complexity index is 1390. The van der Waals surface area contributed by atoms with Gasteiger partial charge in [-0.25, -0.2) is 0 Å². The van der Waals surface area contributed by atoms with Crippen molar-refractivity contribution in [2.75, 3.05) is 0 Å². The van der Waals surface area contributed by atoms with Gasteiger partial charge in [-0.1, -0.05) is 98.8 Å². The smallest absolute Gasteiger partial charge is 0.0171 e. The molecule has 1 aliphatic rings. The standard InChI is InChI=1S/C27H20/c1-27(2)25-20-10-6-4-8-18(20)12-14-23(25)24-16-15-21-19-9-5-3-7-17(19)11-13-22(21)26(24)27/h3-16H,1-2H3. The Labute approximate surface area is 159 Å². The van der Waals surface area contributed by atoms with Gasteiger partial charge in [0.2, 0.25) is 0 Å². The maximum Gasteiger partial charge on any atom is 0.0171 e. The molecule has 27 heavy (non-hydrogen) atoms. The number of benzene rings is 5. The molecule has 0 fully saturated rings. The van der Waals surface area contributed by atoms with Crippen LogP contribution in [0.15, 0.2) is 84.9 Å². The van der Waals surface area contributed by atoms with E-state index < -0.39 is 0 Å². The van der Waals surface area contributed by atoms with Crippen LogP contribution in [0.2, 0.25) is 0 Å². The average molecular weight is 344 g/mol. The van der Waals surface area contributed by atoms with E-state index in [0.717, 1.165) is 0 Å². The van der Waals surface area contributed by atoms with Gasteiger partial charge in [-0.05, 0) is 54.6 Å². The van der Waals surface area contributed by atoms with Crippen molar-refractivity contribution in [3.05, 3.63) is 96.1 Å². The lowest BCUT2D eigenvalue weighted by atomic mass is 9.78. The highest BCUT2D eigenvalue weighted by Gasteiger charge is 2.38. The SMILES string of the molecule is CC1(C)c2c(ccc3ccccc23)-c2ccc3c(ccc4ccccc43)c21. The fraction of sp³-hybridized carbons (Fsp3) is 0.111. The van der Waals surface area contributed by atoms with Gasteiger partial charge < -0.3 is 0 Å². The van der Waals surface area contributed by atoms with Gasteiger partial charge in [0.25, 0.3) is 0 Å². The first-order valence-corrected chi connectivity index (χ1v) is 9.64. The molecular weight excluding hydrogens is 324 g/mol. The van der Waals surface area contributed by atoms with E-state index in [-0.39, 0.29) is 5.41 Å². The van der Waals surface area contributed by atoms with Crippen molar-refractivity contribution in [2.45, 2.75) is 19.3 Å². The molecular formula is C27H20. The minimum absolute atomic E-state index is 0.0203. The summed E-state index contributed by atoms with van der Waals surface area (Å²) in [5.74, 6) is 0. The van der Waals surface area contributed by atoms with Crippen molar-refractivity contribution >= 4 is 32.3 Å². The van der Waals surface area contributed by atoms with Crippen LogP contribution in [0.3, 0.4) is 0 Å². The normalized spacial score (nSPS) is 14.6. The molecule has 0 unspecified atom stereocenters. The Kier molecular flexibility index (Phi) is 2.77. The predicted octanol–water partition coefficient (Wildman–Crippen LogP) is 7.45. The highest BCUT2D eigenvalue weighted by atomic mass is 14.4. The van der Waals surface area contributed by atoms with Gasteiger partial charge in [-0.15, -0.1) is 0 Å². The van der Waals surface area contributed by atoms with Gasteiger partial charge in [0.05, 0.1) is 0 Å². The summed E-state index contributed by atoms with van der Waals surface area (Å²) in [7, 11) is 0. The summed E-state index contributed by atoms with van der Waals surface area (Å²) in [5, 5.41) is 8.10. The van der Waals surface area contributed by atoms with Crippen molar-refractivity contribution in [2.24, 2.45) is 0 Å². The molecule has 0 N–H and O–H groups in total. The summed E-state index contributed by atoms with van der Waals surface area (Å²) < 4.78 is 0. The molecule has 0 saturated heterocycles. The molecule has 0 aromatic heterocycles. The molecule has 5 aromatic carbocycles. The molecule has 0 radical (unpaired) electrons. The fourth-order valence-electron chi connectivity index (χ4n) is 5.28. The summed E-state index contributed by atoms with van der Waals surface area (Å²) in [4.78, 5) is 0. The average Bonchev–Trinajstić information content (AvgIpc) is 2.95. The second kappa shape index (κ2) is 4.98. The van der Waals surface area contributed by atoms with Gasteiger partial charge in [-0.3, -0.25) is 0 Å². The second-order valence-electron chi connectivity index (χ2n) is 8.20. The summed E-state index contributed by atoms with van der Waals surface area (Å²) in [6.07, 6.45) is 0. The summed E-state index contributed by atoms with van der Waals surface area (Å²) in [6, 6.07) is 31.3. The Balaban J connectivity index is 1.79. The van der Waals surface area contributed by atoms with Gasteiger partial charge in [0.1, 0.15) is 0 Å². The minimum atomic E-state index is -0.0203.